The van der Waals surface area contributed by atoms with Crippen LogP contribution in [0.3, 0.4) is 0 Å². The van der Waals surface area contributed by atoms with Gasteiger partial charge < -0.3 is 10.1 Å². The van der Waals surface area contributed by atoms with E-state index in [0.717, 1.165) is 29.0 Å². The van der Waals surface area contributed by atoms with Gasteiger partial charge in [-0.2, -0.15) is 13.2 Å². The van der Waals surface area contributed by atoms with E-state index in [9.17, 15) is 27.6 Å². The molecule has 35 heavy (non-hydrogen) atoms. The van der Waals surface area contributed by atoms with Crippen LogP contribution in [0.25, 0.3) is 11.0 Å². The number of nitrogens with one attached hydrogen (secondary N) is 1. The lowest BCUT2D eigenvalue weighted by atomic mass is 10.1. The predicted molar refractivity (Wildman–Crippen MR) is 121 cm³/mol. The predicted octanol–water partition coefficient (Wildman–Crippen LogP) is 4.34. The van der Waals surface area contributed by atoms with E-state index in [4.69, 9.17) is 4.74 Å². The fourth-order valence-corrected chi connectivity index (χ4v) is 3.46. The number of aromatic nitrogens is 2. The molecule has 0 fully saturated rings. The highest BCUT2D eigenvalue weighted by atomic mass is 19.4. The van der Waals surface area contributed by atoms with Crippen LogP contribution in [0.15, 0.2) is 89.9 Å². The van der Waals surface area contributed by atoms with E-state index < -0.39 is 41.8 Å². The third-order valence-electron chi connectivity index (χ3n) is 5.09. The molecule has 0 aliphatic rings. The van der Waals surface area contributed by atoms with Gasteiger partial charge in [0.1, 0.15) is 6.54 Å². The summed E-state index contributed by atoms with van der Waals surface area (Å²) in [6.45, 7) is -0.498. The van der Waals surface area contributed by atoms with Crippen LogP contribution >= 0.6 is 0 Å². The third-order valence-corrected chi connectivity index (χ3v) is 5.09. The van der Waals surface area contributed by atoms with E-state index in [-0.39, 0.29) is 5.69 Å². The summed E-state index contributed by atoms with van der Waals surface area (Å²) in [6.07, 6.45) is -4.99. The molecule has 1 heterocycles. The number of carbonyl (C=O) groups is 2. The van der Waals surface area contributed by atoms with Crippen LogP contribution in [-0.2, 0) is 27.0 Å². The Hall–Kier alpha value is -4.47. The number of esters is 1. The molecule has 0 saturated heterocycles. The van der Waals surface area contributed by atoms with Gasteiger partial charge in [0.05, 0.1) is 22.8 Å². The Morgan fingerprint density at radius 3 is 2.43 bits per heavy atom. The van der Waals surface area contributed by atoms with Gasteiger partial charge in [-0.3, -0.25) is 19.0 Å². The molecule has 1 aromatic heterocycles. The van der Waals surface area contributed by atoms with Crippen molar-refractivity contribution < 1.29 is 27.5 Å². The summed E-state index contributed by atoms with van der Waals surface area (Å²) in [7, 11) is 0. The number of halogens is 3. The summed E-state index contributed by atoms with van der Waals surface area (Å²) < 4.78 is 45.7. The van der Waals surface area contributed by atoms with Crippen LogP contribution in [0.2, 0.25) is 0 Å². The zero-order valence-electron chi connectivity index (χ0n) is 18.0. The van der Waals surface area contributed by atoms with Crippen LogP contribution in [0.1, 0.15) is 17.2 Å². The Labute approximate surface area is 196 Å². The Morgan fingerprint density at radius 2 is 1.69 bits per heavy atom. The molecule has 0 aliphatic carbocycles. The molecule has 1 atom stereocenters. The fraction of sp³-hybridized carbons (Fsp3) is 0.120. The minimum Gasteiger partial charge on any atom is -0.446 e. The Bertz CT molecular complexity index is 1440. The highest BCUT2D eigenvalue weighted by Gasteiger charge is 2.31. The monoisotopic (exact) mass is 481 g/mol. The number of rotatable bonds is 6. The molecule has 0 spiro atoms. The number of para-hydroxylation sites is 2. The molecule has 10 heteroatoms. The molecule has 3 aromatic carbocycles. The van der Waals surface area contributed by atoms with Crippen molar-refractivity contribution in [3.63, 3.8) is 0 Å². The van der Waals surface area contributed by atoms with Crippen molar-refractivity contribution in [2.45, 2.75) is 18.8 Å². The second kappa shape index (κ2) is 9.80. The van der Waals surface area contributed by atoms with Crippen LogP contribution in [0.4, 0.5) is 18.9 Å². The summed E-state index contributed by atoms with van der Waals surface area (Å²) in [5, 5.41) is 2.37. The lowest BCUT2D eigenvalue weighted by Crippen LogP contribution is -2.30. The van der Waals surface area contributed by atoms with Crippen LogP contribution in [0, 0.1) is 0 Å². The number of carbonyl (C=O) groups excluding carboxylic acids is 2. The van der Waals surface area contributed by atoms with Gasteiger partial charge in [0.15, 0.2) is 0 Å². The van der Waals surface area contributed by atoms with Crippen molar-refractivity contribution in [1.29, 1.82) is 0 Å². The van der Waals surface area contributed by atoms with Crippen molar-refractivity contribution in [2.24, 2.45) is 0 Å². The first-order chi connectivity index (χ1) is 16.7. The molecule has 0 radical (unpaired) electrons. The molecule has 7 nitrogen and oxygen atoms in total. The number of alkyl halides is 3. The molecular weight excluding hydrogens is 463 g/mol. The van der Waals surface area contributed by atoms with Gasteiger partial charge in [-0.1, -0.05) is 48.5 Å². The molecule has 1 amide bonds. The number of amides is 1. The average Bonchev–Trinajstić information content (AvgIpc) is 2.84. The van der Waals surface area contributed by atoms with E-state index in [1.807, 2.05) is 0 Å². The van der Waals surface area contributed by atoms with E-state index in [1.165, 1.54) is 18.2 Å². The number of hydrogen-bond donors (Lipinski definition) is 1. The maximum atomic E-state index is 13.0. The molecule has 178 valence electrons. The van der Waals surface area contributed by atoms with E-state index in [2.05, 4.69) is 10.3 Å². The lowest BCUT2D eigenvalue weighted by Gasteiger charge is -2.19. The zero-order chi connectivity index (χ0) is 25.0. The van der Waals surface area contributed by atoms with Crippen molar-refractivity contribution in [2.75, 3.05) is 5.32 Å². The van der Waals surface area contributed by atoms with Gasteiger partial charge in [-0.25, -0.2) is 4.98 Å². The summed E-state index contributed by atoms with van der Waals surface area (Å²) in [6, 6.07) is 18.8. The molecule has 0 aliphatic heterocycles. The van der Waals surface area contributed by atoms with E-state index in [0.29, 0.717) is 16.6 Å². The van der Waals surface area contributed by atoms with Crippen LogP contribution in [-0.4, -0.2) is 21.4 Å². The van der Waals surface area contributed by atoms with Crippen LogP contribution < -0.4 is 10.9 Å². The minimum atomic E-state index is -4.59. The SMILES string of the molecule is O=C(Cn1c(=O)cnc2ccccc21)OC(C(=O)Nc1cccc(C(F)(F)F)c1)c1ccccc1. The molecule has 0 saturated carbocycles. The zero-order valence-corrected chi connectivity index (χ0v) is 18.0. The highest BCUT2D eigenvalue weighted by molar-refractivity contribution is 5.96. The van der Waals surface area contributed by atoms with Gasteiger partial charge in [0.25, 0.3) is 11.5 Å². The molecule has 1 unspecified atom stereocenters. The number of anilines is 1. The molecule has 4 rings (SSSR count). The summed E-state index contributed by atoms with van der Waals surface area (Å²) in [5.41, 5.74) is -0.392. The molecular formula is C25H18F3N3O4. The summed E-state index contributed by atoms with van der Waals surface area (Å²) >= 11 is 0. The number of nitrogens with zero attached hydrogens (tertiary/aromatic N) is 2. The standard InChI is InChI=1S/C25H18F3N3O4/c26-25(27,28)17-9-6-10-18(13-17)30-24(34)23(16-7-2-1-3-8-16)35-22(33)15-31-20-12-5-4-11-19(20)29-14-21(31)32/h1-14,23H,15H2,(H,30,34). The number of benzene rings is 3. The normalized spacial score (nSPS) is 12.2. The second-order valence-electron chi connectivity index (χ2n) is 7.52. The third kappa shape index (κ3) is 5.55. The van der Waals surface area contributed by atoms with Crippen molar-refractivity contribution in [3.8, 4) is 0 Å². The van der Waals surface area contributed by atoms with E-state index >= 15 is 0 Å². The van der Waals surface area contributed by atoms with Gasteiger partial charge in [0, 0.05) is 11.3 Å². The molecule has 4 aromatic rings. The summed E-state index contributed by atoms with van der Waals surface area (Å²) in [5.74, 6) is -1.74. The molecule has 0 bridgehead atoms. The lowest BCUT2D eigenvalue weighted by molar-refractivity contribution is -0.155. The smallest absolute Gasteiger partial charge is 0.416 e. The first-order valence-corrected chi connectivity index (χ1v) is 10.4. The molecule has 1 N–H and O–H groups in total. The first-order valence-electron chi connectivity index (χ1n) is 10.4. The van der Waals surface area contributed by atoms with E-state index in [1.54, 1.807) is 42.5 Å². The maximum absolute atomic E-state index is 13.0. The van der Waals surface area contributed by atoms with Gasteiger partial charge in [-0.15, -0.1) is 0 Å². The fourth-order valence-electron chi connectivity index (χ4n) is 3.46. The minimum absolute atomic E-state index is 0.113. The highest BCUT2D eigenvalue weighted by Crippen LogP contribution is 2.31. The van der Waals surface area contributed by atoms with Crippen molar-refractivity contribution >= 4 is 28.6 Å². The van der Waals surface area contributed by atoms with Gasteiger partial charge in [0.2, 0.25) is 6.10 Å². The first kappa shape index (κ1) is 23.7. The Balaban J connectivity index is 1.59. The largest absolute Gasteiger partial charge is 0.446 e. The second-order valence-corrected chi connectivity index (χ2v) is 7.52. The average molecular weight is 481 g/mol. The quantitative estimate of drug-likeness (QED) is 0.414. The van der Waals surface area contributed by atoms with Crippen molar-refractivity contribution in [3.05, 3.63) is 107 Å². The van der Waals surface area contributed by atoms with Crippen LogP contribution in [0.5, 0.6) is 0 Å². The Kier molecular flexibility index (Phi) is 6.63. The number of ether oxygens (including phenoxy) is 1. The summed E-state index contributed by atoms with van der Waals surface area (Å²) in [4.78, 5) is 42.2. The Morgan fingerprint density at radius 1 is 0.971 bits per heavy atom. The number of fused-ring (bicyclic) bond motifs is 1. The van der Waals surface area contributed by atoms with Gasteiger partial charge in [-0.05, 0) is 30.3 Å². The van der Waals surface area contributed by atoms with Crippen molar-refractivity contribution in [1.82, 2.24) is 9.55 Å². The van der Waals surface area contributed by atoms with Gasteiger partial charge >= 0.3 is 12.1 Å². The maximum Gasteiger partial charge on any atom is 0.416 e. The topological polar surface area (TPSA) is 90.3 Å². The number of hydrogen-bond acceptors (Lipinski definition) is 5.